The summed E-state index contributed by atoms with van der Waals surface area (Å²) in [5.74, 6) is -1.89. The summed E-state index contributed by atoms with van der Waals surface area (Å²) in [6, 6.07) is 2.83. The van der Waals surface area contributed by atoms with Crippen molar-refractivity contribution in [1.82, 2.24) is 5.32 Å². The maximum absolute atomic E-state index is 10.4. The number of morpholine rings is 1. The molecule has 1 fully saturated rings. The number of nitrogens with one attached hydrogen (secondary N) is 1. The molecule has 1 aliphatic heterocycles. The molecule has 0 radical (unpaired) electrons. The Kier molecular flexibility index (Phi) is 5.71. The summed E-state index contributed by atoms with van der Waals surface area (Å²) in [5.41, 5.74) is -0.701. The lowest BCUT2D eigenvalue weighted by atomic mass is 10.2. The number of carboxylic acid groups (broad SMARTS) is 1. The molecule has 1 aliphatic rings. The van der Waals surface area contributed by atoms with Crippen LogP contribution in [0.4, 0.5) is 5.69 Å². The number of phenolic OH excluding ortho intramolecular Hbond substituents is 1. The van der Waals surface area contributed by atoms with Gasteiger partial charge in [-0.3, -0.25) is 10.1 Å². The molecule has 8 nitrogen and oxygen atoms in total. The van der Waals surface area contributed by atoms with Gasteiger partial charge < -0.3 is 20.3 Å². The van der Waals surface area contributed by atoms with Gasteiger partial charge in [0.25, 0.3) is 0 Å². The summed E-state index contributed by atoms with van der Waals surface area (Å²) in [6.07, 6.45) is 0. The largest absolute Gasteiger partial charge is 0.502 e. The van der Waals surface area contributed by atoms with Gasteiger partial charge in [-0.05, 0) is 6.07 Å². The van der Waals surface area contributed by atoms with Crippen molar-refractivity contribution >= 4 is 11.7 Å². The molecule has 0 aromatic heterocycles. The first kappa shape index (κ1) is 14.9. The summed E-state index contributed by atoms with van der Waals surface area (Å²) < 4.78 is 5.01. The van der Waals surface area contributed by atoms with Gasteiger partial charge in [0, 0.05) is 25.2 Å². The fourth-order valence-corrected chi connectivity index (χ4v) is 1.33. The van der Waals surface area contributed by atoms with E-state index in [-0.39, 0.29) is 5.56 Å². The maximum Gasteiger partial charge on any atom is 0.335 e. The summed E-state index contributed by atoms with van der Waals surface area (Å²) >= 11 is 0. The fraction of sp³-hybridized carbons (Fsp3) is 0.364. The van der Waals surface area contributed by atoms with Gasteiger partial charge in [0.05, 0.1) is 23.7 Å². The van der Waals surface area contributed by atoms with Crippen molar-refractivity contribution in [1.29, 1.82) is 0 Å². The van der Waals surface area contributed by atoms with Gasteiger partial charge in [0.2, 0.25) is 0 Å². The number of carbonyl (C=O) groups is 1. The van der Waals surface area contributed by atoms with Crippen molar-refractivity contribution in [3.05, 3.63) is 33.9 Å². The number of aromatic carboxylic acids is 1. The first-order valence-corrected chi connectivity index (χ1v) is 5.51. The lowest BCUT2D eigenvalue weighted by Gasteiger charge is -2.10. The van der Waals surface area contributed by atoms with Crippen LogP contribution in [0.15, 0.2) is 18.2 Å². The number of rotatable bonds is 2. The Labute approximate surface area is 108 Å². The number of phenols is 1. The average Bonchev–Trinajstić information content (AvgIpc) is 2.40. The molecule has 1 aromatic carbocycles. The summed E-state index contributed by atoms with van der Waals surface area (Å²) in [5, 5.41) is 30.8. The van der Waals surface area contributed by atoms with Gasteiger partial charge >= 0.3 is 11.7 Å². The van der Waals surface area contributed by atoms with Crippen LogP contribution >= 0.6 is 0 Å². The Morgan fingerprint density at radius 2 is 2.00 bits per heavy atom. The standard InChI is InChI=1S/C7H5NO5.C4H9NO/c9-6-3-4(7(10)11)1-2-5(6)8(12)13;1-3-6-4-2-5-1/h1-3,9H,(H,10,11);5H,1-4H2. The monoisotopic (exact) mass is 270 g/mol. The third-order valence-corrected chi connectivity index (χ3v) is 2.27. The first-order chi connectivity index (χ1) is 9.02. The topological polar surface area (TPSA) is 122 Å². The number of hydrogen-bond donors (Lipinski definition) is 3. The second-order valence-electron chi connectivity index (χ2n) is 3.63. The predicted octanol–water partition coefficient (Wildman–Crippen LogP) is 0.605. The minimum atomic E-state index is -1.25. The molecule has 0 unspecified atom stereocenters. The van der Waals surface area contributed by atoms with Crippen molar-refractivity contribution in [2.75, 3.05) is 26.3 Å². The molecule has 0 bridgehead atoms. The number of aromatic hydroxyl groups is 1. The van der Waals surface area contributed by atoms with Crippen molar-refractivity contribution in [2.45, 2.75) is 0 Å². The molecule has 0 atom stereocenters. The molecule has 104 valence electrons. The number of hydrogen-bond acceptors (Lipinski definition) is 6. The molecule has 0 saturated carbocycles. The Hall–Kier alpha value is -2.19. The number of nitro groups is 1. The molecule has 19 heavy (non-hydrogen) atoms. The molecule has 1 saturated heterocycles. The van der Waals surface area contributed by atoms with Gasteiger partial charge in [-0.25, -0.2) is 4.79 Å². The minimum absolute atomic E-state index is 0.192. The molecular weight excluding hydrogens is 256 g/mol. The van der Waals surface area contributed by atoms with Crippen LogP contribution in [0.1, 0.15) is 10.4 Å². The highest BCUT2D eigenvalue weighted by Crippen LogP contribution is 2.25. The molecular formula is C11H14N2O6. The normalized spacial score (nSPS) is 14.1. The van der Waals surface area contributed by atoms with Gasteiger partial charge in [0.15, 0.2) is 5.75 Å². The highest BCUT2D eigenvalue weighted by atomic mass is 16.6. The van der Waals surface area contributed by atoms with E-state index < -0.39 is 22.3 Å². The fourth-order valence-electron chi connectivity index (χ4n) is 1.33. The molecule has 3 N–H and O–H groups in total. The van der Waals surface area contributed by atoms with Gasteiger partial charge in [-0.15, -0.1) is 0 Å². The number of nitro benzene ring substituents is 1. The number of benzene rings is 1. The van der Waals surface area contributed by atoms with Crippen molar-refractivity contribution < 1.29 is 24.7 Å². The Morgan fingerprint density at radius 3 is 2.32 bits per heavy atom. The molecule has 0 spiro atoms. The van der Waals surface area contributed by atoms with Crippen LogP contribution in [-0.4, -0.2) is 47.4 Å². The Bertz CT molecular complexity index is 447. The summed E-state index contributed by atoms with van der Waals surface area (Å²) in [4.78, 5) is 19.8. The number of ether oxygens (including phenoxy) is 1. The van der Waals surface area contributed by atoms with Crippen LogP contribution in [0.3, 0.4) is 0 Å². The molecule has 0 aliphatic carbocycles. The smallest absolute Gasteiger partial charge is 0.335 e. The molecule has 2 rings (SSSR count). The van der Waals surface area contributed by atoms with Crippen molar-refractivity contribution in [3.63, 3.8) is 0 Å². The molecule has 1 heterocycles. The minimum Gasteiger partial charge on any atom is -0.502 e. The number of nitrogens with zero attached hydrogens (tertiary/aromatic N) is 1. The first-order valence-electron chi connectivity index (χ1n) is 5.51. The van der Waals surface area contributed by atoms with E-state index in [2.05, 4.69) is 5.32 Å². The zero-order chi connectivity index (χ0) is 14.3. The van der Waals surface area contributed by atoms with E-state index in [9.17, 15) is 14.9 Å². The van der Waals surface area contributed by atoms with Crippen molar-refractivity contribution in [2.24, 2.45) is 0 Å². The molecule has 8 heteroatoms. The second kappa shape index (κ2) is 7.29. The van der Waals surface area contributed by atoms with E-state index in [1.165, 1.54) is 0 Å². The van der Waals surface area contributed by atoms with E-state index in [4.69, 9.17) is 14.9 Å². The van der Waals surface area contributed by atoms with Crippen molar-refractivity contribution in [3.8, 4) is 5.75 Å². The van der Waals surface area contributed by atoms with E-state index in [0.717, 1.165) is 44.5 Å². The van der Waals surface area contributed by atoms with E-state index in [1.54, 1.807) is 0 Å². The quantitative estimate of drug-likeness (QED) is 0.531. The van der Waals surface area contributed by atoms with E-state index in [1.807, 2.05) is 0 Å². The lowest BCUT2D eigenvalue weighted by molar-refractivity contribution is -0.385. The highest BCUT2D eigenvalue weighted by molar-refractivity contribution is 5.88. The van der Waals surface area contributed by atoms with Crippen LogP contribution in [0.5, 0.6) is 5.75 Å². The van der Waals surface area contributed by atoms with Crippen LogP contribution in [0.25, 0.3) is 0 Å². The highest BCUT2D eigenvalue weighted by Gasteiger charge is 2.14. The van der Waals surface area contributed by atoms with Crippen LogP contribution in [-0.2, 0) is 4.74 Å². The van der Waals surface area contributed by atoms with E-state index in [0.29, 0.717) is 0 Å². The van der Waals surface area contributed by atoms with Gasteiger partial charge in [-0.2, -0.15) is 0 Å². The zero-order valence-corrected chi connectivity index (χ0v) is 10.0. The lowest BCUT2D eigenvalue weighted by Crippen LogP contribution is -2.30. The maximum atomic E-state index is 10.4. The Balaban J connectivity index is 0.000000250. The van der Waals surface area contributed by atoms with Gasteiger partial charge in [-0.1, -0.05) is 0 Å². The second-order valence-corrected chi connectivity index (χ2v) is 3.63. The Morgan fingerprint density at radius 1 is 1.37 bits per heavy atom. The number of carboxylic acids is 1. The summed E-state index contributed by atoms with van der Waals surface area (Å²) in [7, 11) is 0. The van der Waals surface area contributed by atoms with Crippen LogP contribution in [0.2, 0.25) is 0 Å². The van der Waals surface area contributed by atoms with E-state index >= 15 is 0 Å². The third-order valence-electron chi connectivity index (χ3n) is 2.27. The average molecular weight is 270 g/mol. The van der Waals surface area contributed by atoms with Gasteiger partial charge in [0.1, 0.15) is 0 Å². The molecule has 1 aromatic rings. The molecule has 0 amide bonds. The third kappa shape index (κ3) is 4.90. The SMILES string of the molecule is C1COCCN1.O=C(O)c1ccc([N+](=O)[O-])c(O)c1. The predicted molar refractivity (Wildman–Crippen MR) is 65.4 cm³/mol. The van der Waals surface area contributed by atoms with Crippen LogP contribution in [0, 0.1) is 10.1 Å². The summed E-state index contributed by atoms with van der Waals surface area (Å²) in [6.45, 7) is 3.83. The zero-order valence-electron chi connectivity index (χ0n) is 10.0. The van der Waals surface area contributed by atoms with Crippen LogP contribution < -0.4 is 5.32 Å².